The smallest absolute Gasteiger partial charge is 0.248 e. The molecule has 0 bridgehead atoms. The average molecular weight is 275 g/mol. The number of benzene rings is 2. The molecule has 0 aliphatic heterocycles. The topological polar surface area (TPSA) is 55.1 Å². The highest BCUT2D eigenvalue weighted by Crippen LogP contribution is 2.20. The lowest BCUT2D eigenvalue weighted by atomic mass is 10.1. The zero-order valence-electron chi connectivity index (χ0n) is 10.6. The fourth-order valence-corrected chi connectivity index (χ4v) is 2.08. The van der Waals surface area contributed by atoms with Crippen LogP contribution in [0.1, 0.15) is 21.5 Å². The number of primary amides is 1. The van der Waals surface area contributed by atoms with Crippen LogP contribution in [0.5, 0.6) is 0 Å². The van der Waals surface area contributed by atoms with E-state index in [9.17, 15) is 4.79 Å². The summed E-state index contributed by atoms with van der Waals surface area (Å²) in [4.78, 5) is 11.1. The molecule has 3 nitrogen and oxygen atoms in total. The molecule has 0 unspecified atom stereocenters. The van der Waals surface area contributed by atoms with Gasteiger partial charge in [0.15, 0.2) is 0 Å². The first-order chi connectivity index (χ1) is 9.06. The first kappa shape index (κ1) is 13.4. The fourth-order valence-electron chi connectivity index (χ4n) is 1.86. The standard InChI is InChI=1S/C15H15ClN2O/c1-10-7-13(16)5-6-14(10)18-9-11-3-2-4-12(8-11)15(17)19/h2-8,18H,9H2,1H3,(H2,17,19). The summed E-state index contributed by atoms with van der Waals surface area (Å²) < 4.78 is 0. The lowest BCUT2D eigenvalue weighted by Crippen LogP contribution is -2.11. The molecule has 2 aromatic carbocycles. The number of carbonyl (C=O) groups is 1. The number of anilines is 1. The summed E-state index contributed by atoms with van der Waals surface area (Å²) in [7, 11) is 0. The zero-order chi connectivity index (χ0) is 13.8. The first-order valence-electron chi connectivity index (χ1n) is 5.95. The van der Waals surface area contributed by atoms with Gasteiger partial charge in [-0.1, -0.05) is 23.7 Å². The minimum Gasteiger partial charge on any atom is -0.381 e. The van der Waals surface area contributed by atoms with Crippen molar-refractivity contribution in [1.82, 2.24) is 0 Å². The van der Waals surface area contributed by atoms with E-state index in [1.165, 1.54) is 0 Å². The van der Waals surface area contributed by atoms with Crippen molar-refractivity contribution in [2.75, 3.05) is 5.32 Å². The van der Waals surface area contributed by atoms with Gasteiger partial charge in [0.1, 0.15) is 0 Å². The molecule has 4 heteroatoms. The van der Waals surface area contributed by atoms with Crippen LogP contribution in [0.3, 0.4) is 0 Å². The second-order valence-corrected chi connectivity index (χ2v) is 4.81. The van der Waals surface area contributed by atoms with Crippen molar-refractivity contribution in [2.45, 2.75) is 13.5 Å². The Kier molecular flexibility index (Phi) is 4.07. The van der Waals surface area contributed by atoms with Crippen LogP contribution in [-0.4, -0.2) is 5.91 Å². The highest BCUT2D eigenvalue weighted by Gasteiger charge is 2.02. The molecule has 2 rings (SSSR count). The molecule has 0 aliphatic carbocycles. The van der Waals surface area contributed by atoms with Crippen molar-refractivity contribution in [2.24, 2.45) is 5.73 Å². The summed E-state index contributed by atoms with van der Waals surface area (Å²) in [5.74, 6) is -0.412. The highest BCUT2D eigenvalue weighted by atomic mass is 35.5. The van der Waals surface area contributed by atoms with Gasteiger partial charge in [0.2, 0.25) is 5.91 Å². The number of carbonyl (C=O) groups excluding carboxylic acids is 1. The Morgan fingerprint density at radius 3 is 2.74 bits per heavy atom. The van der Waals surface area contributed by atoms with Crippen molar-refractivity contribution >= 4 is 23.2 Å². The largest absolute Gasteiger partial charge is 0.381 e. The Hall–Kier alpha value is -2.00. The molecule has 0 saturated heterocycles. The summed E-state index contributed by atoms with van der Waals surface area (Å²) in [6.07, 6.45) is 0. The van der Waals surface area contributed by atoms with Crippen LogP contribution in [0.4, 0.5) is 5.69 Å². The molecule has 98 valence electrons. The quantitative estimate of drug-likeness (QED) is 0.898. The van der Waals surface area contributed by atoms with Gasteiger partial charge in [-0.25, -0.2) is 0 Å². The average Bonchev–Trinajstić information content (AvgIpc) is 2.38. The number of amides is 1. The van der Waals surface area contributed by atoms with Crippen molar-refractivity contribution < 1.29 is 4.79 Å². The number of hydrogen-bond acceptors (Lipinski definition) is 2. The van der Waals surface area contributed by atoms with Crippen LogP contribution in [-0.2, 0) is 6.54 Å². The van der Waals surface area contributed by atoms with Gasteiger partial charge in [-0.2, -0.15) is 0 Å². The van der Waals surface area contributed by atoms with E-state index in [1.807, 2.05) is 37.3 Å². The molecule has 1 amide bonds. The monoisotopic (exact) mass is 274 g/mol. The summed E-state index contributed by atoms with van der Waals surface area (Å²) in [5.41, 5.74) is 8.89. The first-order valence-corrected chi connectivity index (χ1v) is 6.33. The highest BCUT2D eigenvalue weighted by molar-refractivity contribution is 6.30. The predicted octanol–water partition coefficient (Wildman–Crippen LogP) is 3.36. The van der Waals surface area contributed by atoms with Crippen LogP contribution in [0.15, 0.2) is 42.5 Å². The third-order valence-corrected chi connectivity index (χ3v) is 3.12. The number of rotatable bonds is 4. The Morgan fingerprint density at radius 2 is 2.05 bits per heavy atom. The van der Waals surface area contributed by atoms with Crippen LogP contribution >= 0.6 is 11.6 Å². The predicted molar refractivity (Wildman–Crippen MR) is 78.5 cm³/mol. The molecule has 0 radical (unpaired) electrons. The summed E-state index contributed by atoms with van der Waals surface area (Å²) in [6, 6.07) is 13.0. The molecule has 0 heterocycles. The molecule has 19 heavy (non-hydrogen) atoms. The van der Waals surface area contributed by atoms with Crippen LogP contribution < -0.4 is 11.1 Å². The van der Waals surface area contributed by atoms with E-state index in [2.05, 4.69) is 5.32 Å². The lowest BCUT2D eigenvalue weighted by molar-refractivity contribution is 0.1000. The van der Waals surface area contributed by atoms with Gasteiger partial charge < -0.3 is 11.1 Å². The number of nitrogens with one attached hydrogen (secondary N) is 1. The molecule has 0 spiro atoms. The Labute approximate surface area is 117 Å². The van der Waals surface area contributed by atoms with Gasteiger partial charge in [0.25, 0.3) is 0 Å². The van der Waals surface area contributed by atoms with Crippen molar-refractivity contribution in [1.29, 1.82) is 0 Å². The van der Waals surface area contributed by atoms with Gasteiger partial charge >= 0.3 is 0 Å². The van der Waals surface area contributed by atoms with Crippen LogP contribution in [0, 0.1) is 6.92 Å². The number of nitrogens with two attached hydrogens (primary N) is 1. The molecule has 0 atom stereocenters. The summed E-state index contributed by atoms with van der Waals surface area (Å²) in [6.45, 7) is 2.62. The number of hydrogen-bond donors (Lipinski definition) is 2. The maximum absolute atomic E-state index is 11.1. The van der Waals surface area contributed by atoms with Gasteiger partial charge in [0, 0.05) is 22.8 Å². The Balaban J connectivity index is 2.10. The van der Waals surface area contributed by atoms with Crippen molar-refractivity contribution in [3.63, 3.8) is 0 Å². The Morgan fingerprint density at radius 1 is 1.26 bits per heavy atom. The minimum atomic E-state index is -0.412. The maximum atomic E-state index is 11.1. The molecule has 0 aliphatic rings. The van der Waals surface area contributed by atoms with Gasteiger partial charge in [-0.3, -0.25) is 4.79 Å². The minimum absolute atomic E-state index is 0.412. The van der Waals surface area contributed by atoms with Crippen LogP contribution in [0.25, 0.3) is 0 Å². The number of aryl methyl sites for hydroxylation is 1. The Bertz CT molecular complexity index is 611. The normalized spacial score (nSPS) is 10.2. The zero-order valence-corrected chi connectivity index (χ0v) is 11.4. The molecular weight excluding hydrogens is 260 g/mol. The summed E-state index contributed by atoms with van der Waals surface area (Å²) in [5, 5.41) is 4.03. The van der Waals surface area contributed by atoms with Crippen molar-refractivity contribution in [3.05, 3.63) is 64.2 Å². The van der Waals surface area contributed by atoms with Crippen molar-refractivity contribution in [3.8, 4) is 0 Å². The van der Waals surface area contributed by atoms with E-state index in [-0.39, 0.29) is 0 Å². The van der Waals surface area contributed by atoms with E-state index in [0.29, 0.717) is 12.1 Å². The fraction of sp³-hybridized carbons (Fsp3) is 0.133. The van der Waals surface area contributed by atoms with E-state index < -0.39 is 5.91 Å². The number of halogens is 1. The molecule has 3 N–H and O–H groups in total. The third-order valence-electron chi connectivity index (χ3n) is 2.88. The molecule has 0 fully saturated rings. The maximum Gasteiger partial charge on any atom is 0.248 e. The molecule has 0 aromatic heterocycles. The SMILES string of the molecule is Cc1cc(Cl)ccc1NCc1cccc(C(N)=O)c1. The van der Waals surface area contributed by atoms with E-state index >= 15 is 0 Å². The lowest BCUT2D eigenvalue weighted by Gasteiger charge is -2.10. The molecular formula is C15H15ClN2O. The second kappa shape index (κ2) is 5.76. The van der Waals surface area contributed by atoms with E-state index in [0.717, 1.165) is 21.8 Å². The van der Waals surface area contributed by atoms with Gasteiger partial charge in [0.05, 0.1) is 0 Å². The van der Waals surface area contributed by atoms with E-state index in [1.54, 1.807) is 12.1 Å². The second-order valence-electron chi connectivity index (χ2n) is 4.38. The van der Waals surface area contributed by atoms with E-state index in [4.69, 9.17) is 17.3 Å². The van der Waals surface area contributed by atoms with Gasteiger partial charge in [-0.15, -0.1) is 0 Å². The summed E-state index contributed by atoms with van der Waals surface area (Å²) >= 11 is 5.91. The van der Waals surface area contributed by atoms with Crippen LogP contribution in [0.2, 0.25) is 5.02 Å². The third kappa shape index (κ3) is 3.48. The molecule has 0 saturated carbocycles. The molecule has 2 aromatic rings. The van der Waals surface area contributed by atoms with Gasteiger partial charge in [-0.05, 0) is 48.4 Å².